The van der Waals surface area contributed by atoms with Crippen molar-refractivity contribution in [1.29, 1.82) is 0 Å². The standard InChI is InChI=1S/C13H13N3O4/c1-16-11(4-5-12(17)18)14-13(15-16)8-2-3-9-10(6-8)20-7-19-9/h2-3,6H,4-5,7H2,1H3,(H,17,18). The molecule has 0 unspecified atom stereocenters. The van der Waals surface area contributed by atoms with Gasteiger partial charge in [0.1, 0.15) is 5.82 Å². The lowest BCUT2D eigenvalue weighted by Gasteiger charge is -1.98. The van der Waals surface area contributed by atoms with Crippen molar-refractivity contribution < 1.29 is 19.4 Å². The quantitative estimate of drug-likeness (QED) is 0.903. The predicted octanol–water partition coefficient (Wildman–Crippen LogP) is 1.23. The SMILES string of the molecule is Cn1nc(-c2ccc3c(c2)OCO3)nc1CCC(=O)O. The van der Waals surface area contributed by atoms with Crippen molar-refractivity contribution in [3.8, 4) is 22.9 Å². The van der Waals surface area contributed by atoms with E-state index >= 15 is 0 Å². The Balaban J connectivity index is 1.87. The topological polar surface area (TPSA) is 86.5 Å². The van der Waals surface area contributed by atoms with Crippen LogP contribution >= 0.6 is 0 Å². The lowest BCUT2D eigenvalue weighted by molar-refractivity contribution is -0.137. The van der Waals surface area contributed by atoms with E-state index in [0.717, 1.165) is 5.56 Å². The number of aliphatic carboxylic acids is 1. The Kier molecular flexibility index (Phi) is 3.02. The molecule has 1 N–H and O–H groups in total. The number of hydrogen-bond donors (Lipinski definition) is 1. The van der Waals surface area contributed by atoms with Crippen LogP contribution in [0.1, 0.15) is 12.2 Å². The molecular weight excluding hydrogens is 262 g/mol. The third-order valence-corrected chi connectivity index (χ3v) is 3.05. The number of benzene rings is 1. The zero-order valence-electron chi connectivity index (χ0n) is 10.9. The maximum atomic E-state index is 10.6. The third kappa shape index (κ3) is 2.29. The van der Waals surface area contributed by atoms with Crippen molar-refractivity contribution in [3.63, 3.8) is 0 Å². The Labute approximate surface area is 114 Å². The van der Waals surface area contributed by atoms with Crippen molar-refractivity contribution in [2.45, 2.75) is 12.8 Å². The van der Waals surface area contributed by atoms with Crippen LogP contribution in [0.3, 0.4) is 0 Å². The van der Waals surface area contributed by atoms with Crippen LogP contribution in [0.5, 0.6) is 11.5 Å². The number of hydrogen-bond acceptors (Lipinski definition) is 5. The summed E-state index contributed by atoms with van der Waals surface area (Å²) in [6, 6.07) is 5.48. The van der Waals surface area contributed by atoms with Crippen molar-refractivity contribution in [2.75, 3.05) is 6.79 Å². The molecule has 1 aliphatic heterocycles. The summed E-state index contributed by atoms with van der Waals surface area (Å²) in [6.45, 7) is 0.221. The molecule has 0 bridgehead atoms. The van der Waals surface area contributed by atoms with Gasteiger partial charge in [-0.05, 0) is 18.2 Å². The summed E-state index contributed by atoms with van der Waals surface area (Å²) in [6.07, 6.45) is 0.385. The molecule has 1 aromatic carbocycles. The maximum Gasteiger partial charge on any atom is 0.303 e. The van der Waals surface area contributed by atoms with Crippen LogP contribution in [0.25, 0.3) is 11.4 Å². The van der Waals surface area contributed by atoms with Gasteiger partial charge in [0.2, 0.25) is 6.79 Å². The van der Waals surface area contributed by atoms with Gasteiger partial charge in [-0.1, -0.05) is 0 Å². The van der Waals surface area contributed by atoms with E-state index < -0.39 is 5.97 Å². The molecule has 0 saturated carbocycles. The van der Waals surface area contributed by atoms with Gasteiger partial charge in [-0.2, -0.15) is 5.10 Å². The Morgan fingerprint density at radius 1 is 1.40 bits per heavy atom. The predicted molar refractivity (Wildman–Crippen MR) is 68.5 cm³/mol. The third-order valence-electron chi connectivity index (χ3n) is 3.05. The number of aryl methyl sites for hydroxylation is 2. The number of aromatic nitrogens is 3. The number of carboxylic acid groups (broad SMARTS) is 1. The number of rotatable bonds is 4. The van der Waals surface area contributed by atoms with E-state index in [1.54, 1.807) is 11.7 Å². The highest BCUT2D eigenvalue weighted by Gasteiger charge is 2.16. The van der Waals surface area contributed by atoms with Crippen LogP contribution < -0.4 is 9.47 Å². The molecule has 0 spiro atoms. The van der Waals surface area contributed by atoms with Crippen molar-refractivity contribution in [3.05, 3.63) is 24.0 Å². The van der Waals surface area contributed by atoms with Crippen molar-refractivity contribution in [2.24, 2.45) is 7.05 Å². The highest BCUT2D eigenvalue weighted by Crippen LogP contribution is 2.35. The summed E-state index contributed by atoms with van der Waals surface area (Å²) in [5.74, 6) is 1.71. The average molecular weight is 275 g/mol. The summed E-state index contributed by atoms with van der Waals surface area (Å²) in [5.41, 5.74) is 0.812. The minimum atomic E-state index is -0.849. The number of nitrogens with zero attached hydrogens (tertiary/aromatic N) is 3. The van der Waals surface area contributed by atoms with Crippen LogP contribution in [0.2, 0.25) is 0 Å². The van der Waals surface area contributed by atoms with E-state index in [1.165, 1.54) is 0 Å². The summed E-state index contributed by atoms with van der Waals surface area (Å²) in [4.78, 5) is 15.0. The fraction of sp³-hybridized carbons (Fsp3) is 0.308. The van der Waals surface area contributed by atoms with Crippen LogP contribution in [0.4, 0.5) is 0 Å². The van der Waals surface area contributed by atoms with E-state index in [-0.39, 0.29) is 13.2 Å². The van der Waals surface area contributed by atoms with Gasteiger partial charge in [0.15, 0.2) is 17.3 Å². The first-order valence-corrected chi connectivity index (χ1v) is 6.15. The number of fused-ring (bicyclic) bond motifs is 1. The molecular formula is C13H13N3O4. The summed E-state index contributed by atoms with van der Waals surface area (Å²) < 4.78 is 12.2. The molecule has 1 aromatic heterocycles. The second-order valence-electron chi connectivity index (χ2n) is 4.44. The maximum absolute atomic E-state index is 10.6. The Bertz CT molecular complexity index is 666. The molecule has 1 aliphatic rings. The average Bonchev–Trinajstić information content (AvgIpc) is 3.01. The van der Waals surface area contributed by atoms with E-state index in [2.05, 4.69) is 10.1 Å². The molecule has 2 aromatic rings. The first-order chi connectivity index (χ1) is 9.63. The second-order valence-corrected chi connectivity index (χ2v) is 4.44. The van der Waals surface area contributed by atoms with E-state index in [9.17, 15) is 4.79 Å². The second kappa shape index (κ2) is 4.84. The van der Waals surface area contributed by atoms with Gasteiger partial charge >= 0.3 is 5.97 Å². The number of carboxylic acids is 1. The smallest absolute Gasteiger partial charge is 0.303 e. The first kappa shape index (κ1) is 12.5. The van der Waals surface area contributed by atoms with Crippen molar-refractivity contribution >= 4 is 5.97 Å². The fourth-order valence-electron chi connectivity index (χ4n) is 2.01. The van der Waals surface area contributed by atoms with Gasteiger partial charge in [0.25, 0.3) is 0 Å². The molecule has 0 saturated heterocycles. The van der Waals surface area contributed by atoms with Crippen LogP contribution in [0.15, 0.2) is 18.2 Å². The highest BCUT2D eigenvalue weighted by atomic mass is 16.7. The molecule has 7 heteroatoms. The van der Waals surface area contributed by atoms with Crippen LogP contribution in [0, 0.1) is 0 Å². The van der Waals surface area contributed by atoms with Gasteiger partial charge in [-0.25, -0.2) is 4.98 Å². The minimum absolute atomic E-state index is 0.0348. The summed E-state index contributed by atoms with van der Waals surface area (Å²) in [5, 5.41) is 13.0. The molecule has 20 heavy (non-hydrogen) atoms. The molecule has 0 fully saturated rings. The van der Waals surface area contributed by atoms with E-state index in [4.69, 9.17) is 14.6 Å². The minimum Gasteiger partial charge on any atom is -0.481 e. The molecule has 0 radical (unpaired) electrons. The molecule has 0 atom stereocenters. The van der Waals surface area contributed by atoms with Gasteiger partial charge < -0.3 is 14.6 Å². The molecule has 7 nitrogen and oxygen atoms in total. The molecule has 3 rings (SSSR count). The summed E-state index contributed by atoms with van der Waals surface area (Å²) in [7, 11) is 1.75. The lowest BCUT2D eigenvalue weighted by atomic mass is 10.2. The summed E-state index contributed by atoms with van der Waals surface area (Å²) >= 11 is 0. The van der Waals surface area contributed by atoms with Gasteiger partial charge in [-0.15, -0.1) is 0 Å². The number of carbonyl (C=O) groups is 1. The Morgan fingerprint density at radius 2 is 2.20 bits per heavy atom. The zero-order chi connectivity index (χ0) is 14.1. The van der Waals surface area contributed by atoms with Crippen LogP contribution in [-0.4, -0.2) is 32.6 Å². The van der Waals surface area contributed by atoms with E-state index in [0.29, 0.717) is 29.6 Å². The molecule has 0 aliphatic carbocycles. The Morgan fingerprint density at radius 3 is 3.00 bits per heavy atom. The first-order valence-electron chi connectivity index (χ1n) is 6.15. The van der Waals surface area contributed by atoms with Crippen LogP contribution in [-0.2, 0) is 18.3 Å². The molecule has 104 valence electrons. The van der Waals surface area contributed by atoms with Gasteiger partial charge in [0, 0.05) is 19.0 Å². The largest absolute Gasteiger partial charge is 0.481 e. The normalized spacial score (nSPS) is 12.7. The van der Waals surface area contributed by atoms with Gasteiger partial charge in [-0.3, -0.25) is 9.48 Å². The van der Waals surface area contributed by atoms with Gasteiger partial charge in [0.05, 0.1) is 6.42 Å². The van der Waals surface area contributed by atoms with E-state index in [1.807, 2.05) is 18.2 Å². The Hall–Kier alpha value is -2.57. The molecule has 2 heterocycles. The highest BCUT2D eigenvalue weighted by molar-refractivity contribution is 5.67. The molecule has 0 amide bonds. The number of ether oxygens (including phenoxy) is 2. The van der Waals surface area contributed by atoms with Crippen molar-refractivity contribution in [1.82, 2.24) is 14.8 Å². The monoisotopic (exact) mass is 275 g/mol. The zero-order valence-corrected chi connectivity index (χ0v) is 10.9. The fourth-order valence-corrected chi connectivity index (χ4v) is 2.01. The lowest BCUT2D eigenvalue weighted by Crippen LogP contribution is -2.03.